The lowest BCUT2D eigenvalue weighted by atomic mass is 10.2. The zero-order chi connectivity index (χ0) is 15.0. The van der Waals surface area contributed by atoms with Crippen molar-refractivity contribution in [3.05, 3.63) is 29.8 Å². The van der Waals surface area contributed by atoms with Gasteiger partial charge in [0.1, 0.15) is 0 Å². The molecule has 2 rings (SSSR count). The smallest absolute Gasteiger partial charge is 0.228 e. The molecule has 1 aromatic carbocycles. The van der Waals surface area contributed by atoms with Gasteiger partial charge in [0.25, 0.3) is 10.0 Å². The van der Waals surface area contributed by atoms with Crippen LogP contribution in [0.25, 0.3) is 0 Å². The van der Waals surface area contributed by atoms with Crippen molar-refractivity contribution in [2.45, 2.75) is 24.0 Å². The van der Waals surface area contributed by atoms with Gasteiger partial charge in [-0.1, -0.05) is 17.7 Å². The van der Waals surface area contributed by atoms with Crippen LogP contribution in [0.3, 0.4) is 0 Å². The lowest BCUT2D eigenvalue weighted by molar-refractivity contribution is 0.245. The summed E-state index contributed by atoms with van der Waals surface area (Å²) in [7, 11) is -6.75. The molecular weight excluding hydrogens is 300 g/mol. The number of sulfone groups is 1. The third-order valence-electron chi connectivity index (χ3n) is 3.32. The lowest BCUT2D eigenvalue weighted by Gasteiger charge is -2.30. The zero-order valence-corrected chi connectivity index (χ0v) is 13.0. The molecule has 0 radical (unpaired) electrons. The molecule has 1 heterocycles. The molecule has 1 fully saturated rings. The van der Waals surface area contributed by atoms with Gasteiger partial charge in [0.05, 0.1) is 15.9 Å². The summed E-state index contributed by atoms with van der Waals surface area (Å²) in [6.45, 7) is 3.79. The quantitative estimate of drug-likeness (QED) is 0.867. The monoisotopic (exact) mass is 318 g/mol. The predicted molar refractivity (Wildman–Crippen MR) is 76.3 cm³/mol. The van der Waals surface area contributed by atoms with Crippen LogP contribution >= 0.6 is 0 Å². The van der Waals surface area contributed by atoms with Crippen LogP contribution in [0.4, 0.5) is 0 Å². The lowest BCUT2D eigenvalue weighted by Crippen LogP contribution is -2.53. The van der Waals surface area contributed by atoms with Crippen LogP contribution in [-0.4, -0.2) is 45.9 Å². The first kappa shape index (κ1) is 15.4. The zero-order valence-electron chi connectivity index (χ0n) is 11.4. The second kappa shape index (κ2) is 5.44. The molecular formula is C12H18N2O4S2. The van der Waals surface area contributed by atoms with E-state index in [-0.39, 0.29) is 23.7 Å². The third kappa shape index (κ3) is 3.38. The number of benzene rings is 1. The molecule has 0 aliphatic carbocycles. The summed E-state index contributed by atoms with van der Waals surface area (Å²) >= 11 is 0. The van der Waals surface area contributed by atoms with Crippen molar-refractivity contribution < 1.29 is 16.8 Å². The highest BCUT2D eigenvalue weighted by Gasteiger charge is 2.31. The molecule has 1 saturated heterocycles. The maximum Gasteiger partial charge on any atom is 0.253 e. The molecule has 1 aromatic rings. The van der Waals surface area contributed by atoms with E-state index in [1.807, 2.05) is 6.92 Å². The second-order valence-corrected chi connectivity index (χ2v) is 9.23. The maximum atomic E-state index is 12.2. The van der Waals surface area contributed by atoms with E-state index in [0.717, 1.165) is 5.56 Å². The predicted octanol–water partition coefficient (Wildman–Crippen LogP) is 0.307. The van der Waals surface area contributed by atoms with E-state index >= 15 is 0 Å². The average molecular weight is 318 g/mol. The molecule has 0 amide bonds. The van der Waals surface area contributed by atoms with Gasteiger partial charge >= 0.3 is 0 Å². The van der Waals surface area contributed by atoms with Gasteiger partial charge in [-0.05, 0) is 26.0 Å². The van der Waals surface area contributed by atoms with E-state index in [4.69, 9.17) is 0 Å². The molecule has 6 nitrogen and oxygen atoms in total. The van der Waals surface area contributed by atoms with Gasteiger partial charge in [0, 0.05) is 13.1 Å². The number of nitrogens with zero attached hydrogens (tertiary/aromatic N) is 1. The fourth-order valence-electron chi connectivity index (χ4n) is 1.98. The minimum atomic E-state index is -3.66. The molecule has 112 valence electrons. The number of rotatable bonds is 3. The Hall–Kier alpha value is -0.960. The molecule has 0 bridgehead atoms. The van der Waals surface area contributed by atoms with Gasteiger partial charge in [-0.2, -0.15) is 0 Å². The van der Waals surface area contributed by atoms with E-state index in [1.165, 1.54) is 17.1 Å². The molecule has 20 heavy (non-hydrogen) atoms. The first-order valence-electron chi connectivity index (χ1n) is 6.26. The molecule has 1 aliphatic heterocycles. The molecule has 0 aromatic heterocycles. The average Bonchev–Trinajstić information content (AvgIpc) is 2.34. The topological polar surface area (TPSA) is 83.6 Å². The Morgan fingerprint density at radius 3 is 2.40 bits per heavy atom. The minimum Gasteiger partial charge on any atom is -0.228 e. The van der Waals surface area contributed by atoms with Gasteiger partial charge in [0.2, 0.25) is 0 Å². The minimum absolute atomic E-state index is 0.0371. The summed E-state index contributed by atoms with van der Waals surface area (Å²) in [5, 5.41) is 0.873. The normalized spacial score (nSPS) is 23.6. The summed E-state index contributed by atoms with van der Waals surface area (Å²) in [5.74, 6) is -0.0371. The van der Waals surface area contributed by atoms with E-state index in [0.29, 0.717) is 0 Å². The molecule has 0 unspecified atom stereocenters. The second-order valence-electron chi connectivity index (χ2n) is 5.03. The SMILES string of the molecule is Cc1ccc(S(=O)(=O)NN2CCS(=O)(=O)[C@H](C)C2)cc1. The van der Waals surface area contributed by atoms with Crippen LogP contribution < -0.4 is 4.83 Å². The Balaban J connectivity index is 2.12. The molecule has 0 saturated carbocycles. The van der Waals surface area contributed by atoms with Crippen molar-refractivity contribution in [3.63, 3.8) is 0 Å². The number of hydrazine groups is 1. The number of hydrogen-bond acceptors (Lipinski definition) is 5. The van der Waals surface area contributed by atoms with Gasteiger partial charge in [0.15, 0.2) is 9.84 Å². The molecule has 1 N–H and O–H groups in total. The summed E-state index contributed by atoms with van der Waals surface area (Å²) in [4.78, 5) is 2.61. The van der Waals surface area contributed by atoms with E-state index in [9.17, 15) is 16.8 Å². The van der Waals surface area contributed by atoms with Crippen LogP contribution in [0.2, 0.25) is 0 Å². The Morgan fingerprint density at radius 1 is 1.25 bits per heavy atom. The summed E-state index contributed by atoms with van der Waals surface area (Å²) in [6, 6.07) is 6.50. The molecule has 8 heteroatoms. The van der Waals surface area contributed by atoms with Crippen molar-refractivity contribution in [3.8, 4) is 0 Å². The van der Waals surface area contributed by atoms with Crippen molar-refractivity contribution in [2.75, 3.05) is 18.8 Å². The van der Waals surface area contributed by atoms with Crippen LogP contribution in [0, 0.1) is 6.92 Å². The van der Waals surface area contributed by atoms with Crippen molar-refractivity contribution in [1.82, 2.24) is 9.84 Å². The van der Waals surface area contributed by atoms with E-state index < -0.39 is 25.1 Å². The van der Waals surface area contributed by atoms with Crippen molar-refractivity contribution >= 4 is 19.9 Å². The highest BCUT2D eigenvalue weighted by molar-refractivity contribution is 7.92. The van der Waals surface area contributed by atoms with Gasteiger partial charge in [-0.15, -0.1) is 4.83 Å². The molecule has 0 spiro atoms. The number of sulfonamides is 1. The van der Waals surface area contributed by atoms with Gasteiger partial charge < -0.3 is 0 Å². The van der Waals surface area contributed by atoms with Crippen molar-refractivity contribution in [1.29, 1.82) is 0 Å². The fraction of sp³-hybridized carbons (Fsp3) is 0.500. The molecule has 1 aliphatic rings. The fourth-order valence-corrected chi connectivity index (χ4v) is 4.37. The first-order valence-corrected chi connectivity index (χ1v) is 9.46. The van der Waals surface area contributed by atoms with E-state index in [1.54, 1.807) is 19.1 Å². The van der Waals surface area contributed by atoms with E-state index in [2.05, 4.69) is 4.83 Å². The number of nitrogens with one attached hydrogen (secondary N) is 1. The first-order chi connectivity index (χ1) is 9.21. The summed E-state index contributed by atoms with van der Waals surface area (Å²) in [5.41, 5.74) is 0.974. The molecule has 1 atom stereocenters. The summed E-state index contributed by atoms with van der Waals surface area (Å²) < 4.78 is 47.5. The standard InChI is InChI=1S/C12H18N2O4S2/c1-10-3-5-12(6-4-10)20(17,18)13-14-7-8-19(15,16)11(2)9-14/h3-6,11,13H,7-9H2,1-2H3/t11-/m1/s1. The Morgan fingerprint density at radius 2 is 1.85 bits per heavy atom. The van der Waals surface area contributed by atoms with Crippen LogP contribution in [0.15, 0.2) is 29.2 Å². The maximum absolute atomic E-state index is 12.2. The van der Waals surface area contributed by atoms with Crippen LogP contribution in [0.5, 0.6) is 0 Å². The Bertz CT molecular complexity index is 681. The highest BCUT2D eigenvalue weighted by atomic mass is 32.2. The summed E-state index contributed by atoms with van der Waals surface area (Å²) in [6.07, 6.45) is 0. The van der Waals surface area contributed by atoms with Crippen LogP contribution in [-0.2, 0) is 19.9 Å². The Labute approximate surface area is 119 Å². The third-order valence-corrected chi connectivity index (χ3v) is 6.83. The Kier molecular flexibility index (Phi) is 4.19. The van der Waals surface area contributed by atoms with Crippen molar-refractivity contribution in [2.24, 2.45) is 0 Å². The highest BCUT2D eigenvalue weighted by Crippen LogP contribution is 2.14. The van der Waals surface area contributed by atoms with Crippen LogP contribution in [0.1, 0.15) is 12.5 Å². The van der Waals surface area contributed by atoms with Gasteiger partial charge in [-0.25, -0.2) is 21.8 Å². The number of aryl methyl sites for hydroxylation is 1. The number of hydrogen-bond donors (Lipinski definition) is 1. The largest absolute Gasteiger partial charge is 0.253 e. The van der Waals surface area contributed by atoms with Gasteiger partial charge in [-0.3, -0.25) is 0 Å².